The van der Waals surface area contributed by atoms with Crippen molar-refractivity contribution in [2.24, 2.45) is 5.41 Å². The van der Waals surface area contributed by atoms with E-state index < -0.39 is 0 Å². The van der Waals surface area contributed by atoms with E-state index in [2.05, 4.69) is 52.9 Å². The molecule has 4 aliphatic rings. The topological polar surface area (TPSA) is 52.2 Å². The van der Waals surface area contributed by atoms with Crippen LogP contribution in [0.1, 0.15) is 60.3 Å². The van der Waals surface area contributed by atoms with Gasteiger partial charge in [0, 0.05) is 43.5 Å². The molecule has 1 N–H and O–H groups in total. The highest BCUT2D eigenvalue weighted by Crippen LogP contribution is 2.53. The van der Waals surface area contributed by atoms with Gasteiger partial charge in [-0.3, -0.25) is 9.69 Å². The van der Waals surface area contributed by atoms with Gasteiger partial charge in [0.1, 0.15) is 5.82 Å². The molecule has 0 radical (unpaired) electrons. The Bertz CT molecular complexity index is 1130. The molecule has 1 aliphatic heterocycles. The molecular weight excluding hydrogens is 396 g/mol. The van der Waals surface area contributed by atoms with Crippen LogP contribution in [0.25, 0.3) is 5.57 Å². The van der Waals surface area contributed by atoms with Gasteiger partial charge in [-0.2, -0.15) is 0 Å². The molecule has 1 saturated carbocycles. The van der Waals surface area contributed by atoms with Crippen LogP contribution < -0.4 is 10.5 Å². The third-order valence-corrected chi connectivity index (χ3v) is 8.61. The number of anilines is 1. The summed E-state index contributed by atoms with van der Waals surface area (Å²) in [6.07, 6.45) is 10.2. The molecule has 2 aromatic rings. The van der Waals surface area contributed by atoms with Crippen LogP contribution in [0, 0.1) is 19.3 Å². The molecule has 0 bridgehead atoms. The van der Waals surface area contributed by atoms with Gasteiger partial charge in [-0.15, -0.1) is 0 Å². The fourth-order valence-electron chi connectivity index (χ4n) is 6.10. The van der Waals surface area contributed by atoms with Gasteiger partial charge in [-0.05, 0) is 87.0 Å². The minimum Gasteiger partial charge on any atom is -0.369 e. The average molecular weight is 431 g/mol. The Kier molecular flexibility index (Phi) is 4.79. The molecule has 5 heteroatoms. The van der Waals surface area contributed by atoms with Gasteiger partial charge in [0.2, 0.25) is 0 Å². The second kappa shape index (κ2) is 7.58. The van der Waals surface area contributed by atoms with Crippen molar-refractivity contribution >= 4 is 11.3 Å². The van der Waals surface area contributed by atoms with Crippen LogP contribution in [0.5, 0.6) is 0 Å². The zero-order valence-corrected chi connectivity index (χ0v) is 19.4. The van der Waals surface area contributed by atoms with E-state index in [1.54, 1.807) is 0 Å². The van der Waals surface area contributed by atoms with Crippen molar-refractivity contribution < 1.29 is 0 Å². The van der Waals surface area contributed by atoms with Crippen LogP contribution in [0.2, 0.25) is 0 Å². The fraction of sp³-hybridized carbons (Fsp3) is 0.556. The minimum absolute atomic E-state index is 0.113. The van der Waals surface area contributed by atoms with E-state index >= 15 is 0 Å². The van der Waals surface area contributed by atoms with E-state index in [4.69, 9.17) is 4.98 Å². The van der Waals surface area contributed by atoms with E-state index in [1.165, 1.54) is 41.6 Å². The molecule has 1 spiro atoms. The first-order valence-corrected chi connectivity index (χ1v) is 12.4. The van der Waals surface area contributed by atoms with Crippen molar-refractivity contribution in [1.82, 2.24) is 14.9 Å². The van der Waals surface area contributed by atoms with Crippen molar-refractivity contribution in [3.8, 4) is 0 Å². The van der Waals surface area contributed by atoms with Crippen LogP contribution in [-0.4, -0.2) is 47.1 Å². The molecule has 1 aromatic heterocycles. The number of H-pyrrole nitrogens is 1. The smallest absolute Gasteiger partial charge is 0.254 e. The number of piperazine rings is 1. The summed E-state index contributed by atoms with van der Waals surface area (Å²) < 4.78 is 0. The van der Waals surface area contributed by atoms with Gasteiger partial charge < -0.3 is 9.88 Å². The van der Waals surface area contributed by atoms with Crippen molar-refractivity contribution in [3.05, 3.63) is 62.8 Å². The molecule has 6 rings (SSSR count). The lowest BCUT2D eigenvalue weighted by Crippen LogP contribution is -2.49. The summed E-state index contributed by atoms with van der Waals surface area (Å²) in [5, 5.41) is 0. The number of hydrogen-bond donors (Lipinski definition) is 1. The van der Waals surface area contributed by atoms with Crippen LogP contribution in [0.4, 0.5) is 5.69 Å². The summed E-state index contributed by atoms with van der Waals surface area (Å²) in [5.41, 5.74) is 7.98. The summed E-state index contributed by atoms with van der Waals surface area (Å²) >= 11 is 0. The molecule has 3 aliphatic carbocycles. The van der Waals surface area contributed by atoms with Gasteiger partial charge in [0.15, 0.2) is 0 Å². The van der Waals surface area contributed by atoms with Gasteiger partial charge in [0.25, 0.3) is 5.56 Å². The average Bonchev–Trinajstić information content (AvgIpc) is 3.36. The lowest BCUT2D eigenvalue weighted by Gasteiger charge is -2.39. The molecule has 1 aromatic carbocycles. The van der Waals surface area contributed by atoms with Crippen molar-refractivity contribution in [3.63, 3.8) is 0 Å². The molecule has 1 atom stereocenters. The number of rotatable bonds is 3. The number of benzene rings is 1. The maximum absolute atomic E-state index is 12.8. The molecule has 1 saturated heterocycles. The first kappa shape index (κ1) is 20.2. The largest absolute Gasteiger partial charge is 0.369 e. The molecule has 0 amide bonds. The zero-order chi connectivity index (χ0) is 21.9. The quantitative estimate of drug-likeness (QED) is 0.799. The maximum Gasteiger partial charge on any atom is 0.254 e. The molecule has 2 fully saturated rings. The van der Waals surface area contributed by atoms with E-state index in [0.717, 1.165) is 68.9 Å². The Morgan fingerprint density at radius 3 is 2.66 bits per heavy atom. The van der Waals surface area contributed by atoms with Crippen LogP contribution in [0.3, 0.4) is 0 Å². The zero-order valence-electron chi connectivity index (χ0n) is 19.4. The first-order valence-electron chi connectivity index (χ1n) is 12.4. The van der Waals surface area contributed by atoms with Gasteiger partial charge in [-0.25, -0.2) is 4.98 Å². The van der Waals surface area contributed by atoms with Crippen molar-refractivity contribution in [2.45, 2.75) is 64.8 Å². The van der Waals surface area contributed by atoms with E-state index in [0.29, 0.717) is 11.5 Å². The number of aromatic amines is 1. The third-order valence-electron chi connectivity index (χ3n) is 8.61. The normalized spacial score (nSPS) is 24.5. The molecule has 0 unspecified atom stereocenters. The molecular formula is C27H34N4O. The number of aryl methyl sites for hydroxylation is 2. The Balaban J connectivity index is 1.15. The highest BCUT2D eigenvalue weighted by molar-refractivity contribution is 5.63. The Morgan fingerprint density at radius 1 is 1.06 bits per heavy atom. The Labute approximate surface area is 190 Å². The van der Waals surface area contributed by atoms with Gasteiger partial charge >= 0.3 is 0 Å². The number of allylic oxidation sites excluding steroid dienone is 1. The van der Waals surface area contributed by atoms with Crippen LogP contribution >= 0.6 is 0 Å². The SMILES string of the molecule is Cc1cccc(N2CCN([C@H]3C=C(c4nc5c(c(=O)[nH]4)CC4(CC5)CC4)CC3)CC2)c1C. The number of nitrogens with zero attached hydrogens (tertiary/aromatic N) is 3. The predicted octanol–water partition coefficient (Wildman–Crippen LogP) is 4.02. The molecule has 32 heavy (non-hydrogen) atoms. The summed E-state index contributed by atoms with van der Waals surface area (Å²) in [7, 11) is 0. The lowest BCUT2D eigenvalue weighted by molar-refractivity contribution is 0.214. The monoisotopic (exact) mass is 430 g/mol. The van der Waals surface area contributed by atoms with E-state index in [-0.39, 0.29) is 5.56 Å². The number of fused-ring (bicyclic) bond motifs is 1. The molecule has 168 valence electrons. The van der Waals surface area contributed by atoms with Gasteiger partial charge in [-0.1, -0.05) is 18.2 Å². The van der Waals surface area contributed by atoms with Gasteiger partial charge in [0.05, 0.1) is 5.69 Å². The highest BCUT2D eigenvalue weighted by Gasteiger charge is 2.45. The summed E-state index contributed by atoms with van der Waals surface area (Å²) in [6.45, 7) is 8.73. The molecule has 2 heterocycles. The summed E-state index contributed by atoms with van der Waals surface area (Å²) in [6, 6.07) is 7.09. The van der Waals surface area contributed by atoms with E-state index in [1.807, 2.05) is 0 Å². The number of aromatic nitrogens is 2. The Morgan fingerprint density at radius 2 is 1.88 bits per heavy atom. The van der Waals surface area contributed by atoms with Crippen molar-refractivity contribution in [1.29, 1.82) is 0 Å². The standard InChI is InChI=1S/C27H34N4O/c1-18-4-3-5-24(19(18)2)31-14-12-30(13-15-31)21-7-6-20(16-21)25-28-23-8-9-27(10-11-27)17-22(23)26(32)29-25/h3-5,16,21H,6-15,17H2,1-2H3,(H,28,29,32)/t21-/m1/s1. The predicted molar refractivity (Wildman–Crippen MR) is 129 cm³/mol. The second-order valence-corrected chi connectivity index (χ2v) is 10.6. The fourth-order valence-corrected chi connectivity index (χ4v) is 6.10. The summed E-state index contributed by atoms with van der Waals surface area (Å²) in [4.78, 5) is 26.1. The summed E-state index contributed by atoms with van der Waals surface area (Å²) in [5.74, 6) is 0.831. The first-order chi connectivity index (χ1) is 15.5. The maximum atomic E-state index is 12.8. The molecule has 5 nitrogen and oxygen atoms in total. The Hall–Kier alpha value is -2.40. The van der Waals surface area contributed by atoms with Crippen molar-refractivity contribution in [2.75, 3.05) is 31.1 Å². The van der Waals surface area contributed by atoms with Crippen LogP contribution in [0.15, 0.2) is 29.1 Å². The van der Waals surface area contributed by atoms with Crippen LogP contribution in [-0.2, 0) is 12.8 Å². The van der Waals surface area contributed by atoms with E-state index in [9.17, 15) is 4.79 Å². The highest BCUT2D eigenvalue weighted by atomic mass is 16.1. The lowest BCUT2D eigenvalue weighted by atomic mass is 9.84. The minimum atomic E-state index is 0.113. The second-order valence-electron chi connectivity index (χ2n) is 10.6. The third kappa shape index (κ3) is 3.51. The number of nitrogens with one attached hydrogen (secondary N) is 1. The number of hydrogen-bond acceptors (Lipinski definition) is 4.